The molecule has 2 aliphatic rings. The molecule has 2 heterocycles. The fourth-order valence-corrected chi connectivity index (χ4v) is 6.10. The van der Waals surface area contributed by atoms with Gasteiger partial charge in [0, 0.05) is 17.4 Å². The zero-order valence-corrected chi connectivity index (χ0v) is 23.9. The molecule has 0 radical (unpaired) electrons. The largest absolute Gasteiger partial charge is 0.477 e. The SMILES string of the molecule is Cc1cnc(O[C@H]2CC[C@@H](N(c3cc(C#CC(C)(C)C)sc3C(=O)O)C(=O)[C@H]3CC[C@H](C)CC3)CC2)cn1. The average Bonchev–Trinajstić information content (AvgIpc) is 3.30. The minimum absolute atomic E-state index is 0.00892. The Morgan fingerprint density at radius 2 is 1.74 bits per heavy atom. The van der Waals surface area contributed by atoms with Crippen molar-refractivity contribution in [3.63, 3.8) is 0 Å². The summed E-state index contributed by atoms with van der Waals surface area (Å²) in [5.41, 5.74) is 1.13. The molecule has 0 spiro atoms. The van der Waals surface area contributed by atoms with Crippen LogP contribution in [0.15, 0.2) is 18.5 Å². The second kappa shape index (κ2) is 11.9. The van der Waals surface area contributed by atoms with Crippen molar-refractivity contribution < 1.29 is 19.4 Å². The Balaban J connectivity index is 1.60. The summed E-state index contributed by atoms with van der Waals surface area (Å²) in [6.07, 6.45) is 10.1. The maximum absolute atomic E-state index is 14.1. The monoisotopic (exact) mass is 537 g/mol. The lowest BCUT2D eigenvalue weighted by molar-refractivity contribution is -0.124. The number of rotatable bonds is 6. The van der Waals surface area contributed by atoms with Gasteiger partial charge in [0.1, 0.15) is 11.0 Å². The fraction of sp³-hybridized carbons (Fsp3) is 0.600. The summed E-state index contributed by atoms with van der Waals surface area (Å²) in [4.78, 5) is 37.7. The summed E-state index contributed by atoms with van der Waals surface area (Å²) in [5, 5.41) is 10.1. The molecule has 2 aliphatic carbocycles. The van der Waals surface area contributed by atoms with Gasteiger partial charge in [-0.3, -0.25) is 9.78 Å². The van der Waals surface area contributed by atoms with E-state index in [0.717, 1.165) is 68.4 Å². The number of nitrogens with zero attached hydrogens (tertiary/aromatic N) is 3. The number of thiophene rings is 1. The van der Waals surface area contributed by atoms with Gasteiger partial charge in [0.2, 0.25) is 11.8 Å². The summed E-state index contributed by atoms with van der Waals surface area (Å²) in [7, 11) is 0. The van der Waals surface area contributed by atoms with E-state index in [1.807, 2.05) is 38.7 Å². The molecule has 2 saturated carbocycles. The zero-order valence-electron chi connectivity index (χ0n) is 23.1. The van der Waals surface area contributed by atoms with Crippen LogP contribution < -0.4 is 9.64 Å². The Labute approximate surface area is 230 Å². The highest BCUT2D eigenvalue weighted by molar-refractivity contribution is 7.15. The lowest BCUT2D eigenvalue weighted by Crippen LogP contribution is -2.47. The summed E-state index contributed by atoms with van der Waals surface area (Å²) < 4.78 is 6.08. The van der Waals surface area contributed by atoms with Gasteiger partial charge in [-0.05, 0) is 91.0 Å². The quantitative estimate of drug-likeness (QED) is 0.423. The number of aromatic carboxylic acids is 1. The summed E-state index contributed by atoms with van der Waals surface area (Å²) in [6, 6.07) is 1.74. The number of hydrogen-bond donors (Lipinski definition) is 1. The first kappa shape index (κ1) is 28.1. The summed E-state index contributed by atoms with van der Waals surface area (Å²) in [5.74, 6) is 6.46. The van der Waals surface area contributed by atoms with Crippen molar-refractivity contribution in [3.8, 4) is 17.7 Å². The number of carboxylic acids is 1. The van der Waals surface area contributed by atoms with E-state index in [9.17, 15) is 14.7 Å². The summed E-state index contributed by atoms with van der Waals surface area (Å²) in [6.45, 7) is 10.2. The van der Waals surface area contributed by atoms with Crippen molar-refractivity contribution in [2.75, 3.05) is 4.90 Å². The lowest BCUT2D eigenvalue weighted by atomic mass is 9.81. The minimum atomic E-state index is -1.01. The molecule has 204 valence electrons. The Kier molecular flexibility index (Phi) is 8.77. The Morgan fingerprint density at radius 3 is 2.32 bits per heavy atom. The molecule has 0 bridgehead atoms. The van der Waals surface area contributed by atoms with E-state index in [2.05, 4.69) is 28.7 Å². The number of carboxylic acid groups (broad SMARTS) is 1. The first-order chi connectivity index (χ1) is 18.0. The highest BCUT2D eigenvalue weighted by atomic mass is 32.1. The molecule has 1 N–H and O–H groups in total. The van der Waals surface area contributed by atoms with Gasteiger partial charge in [0.25, 0.3) is 0 Å². The van der Waals surface area contributed by atoms with Crippen molar-refractivity contribution in [1.29, 1.82) is 0 Å². The second-order valence-electron chi connectivity index (χ2n) is 11.8. The van der Waals surface area contributed by atoms with Crippen LogP contribution in [0.4, 0.5) is 5.69 Å². The van der Waals surface area contributed by atoms with Gasteiger partial charge in [0.05, 0.1) is 28.7 Å². The molecule has 4 rings (SSSR count). The maximum Gasteiger partial charge on any atom is 0.348 e. The molecular weight excluding hydrogens is 498 g/mol. The molecule has 0 unspecified atom stereocenters. The molecule has 1 amide bonds. The maximum atomic E-state index is 14.1. The second-order valence-corrected chi connectivity index (χ2v) is 12.9. The van der Waals surface area contributed by atoms with Gasteiger partial charge in [-0.15, -0.1) is 11.3 Å². The summed E-state index contributed by atoms with van der Waals surface area (Å²) >= 11 is 1.16. The highest BCUT2D eigenvalue weighted by Gasteiger charge is 2.38. The van der Waals surface area contributed by atoms with Crippen LogP contribution in [-0.4, -0.2) is 39.1 Å². The Morgan fingerprint density at radius 1 is 1.05 bits per heavy atom. The average molecular weight is 538 g/mol. The standard InChI is InChI=1S/C30H39N3O4S/c1-19-6-8-21(9-7-19)28(34)33(25-16-24(14-15-30(3,4)5)38-27(25)29(35)36)22-10-12-23(13-11-22)37-26-18-31-20(2)17-32-26/h16-19,21-23H,6-13H2,1-5H3,(H,35,36)/t19-,21-,22-,23+. The molecule has 0 atom stereocenters. The number of carbonyl (C=O) groups is 2. The Hall–Kier alpha value is -2.92. The zero-order chi connectivity index (χ0) is 27.4. The van der Waals surface area contributed by atoms with Gasteiger partial charge in [-0.25, -0.2) is 9.78 Å². The smallest absolute Gasteiger partial charge is 0.348 e. The third-order valence-corrected chi connectivity index (χ3v) is 8.41. The fourth-order valence-electron chi connectivity index (χ4n) is 5.26. The molecule has 0 saturated heterocycles. The first-order valence-corrected chi connectivity index (χ1v) is 14.5. The highest BCUT2D eigenvalue weighted by Crippen LogP contribution is 2.39. The van der Waals surface area contributed by atoms with Crippen molar-refractivity contribution in [1.82, 2.24) is 9.97 Å². The number of amides is 1. The minimum Gasteiger partial charge on any atom is -0.477 e. The van der Waals surface area contributed by atoms with Gasteiger partial charge in [-0.2, -0.15) is 0 Å². The normalized spacial score (nSPS) is 23.7. The van der Waals surface area contributed by atoms with Crippen LogP contribution in [-0.2, 0) is 4.79 Å². The molecule has 38 heavy (non-hydrogen) atoms. The van der Waals surface area contributed by atoms with Crippen LogP contribution in [0.5, 0.6) is 5.88 Å². The predicted octanol–water partition coefficient (Wildman–Crippen LogP) is 6.49. The van der Waals surface area contributed by atoms with Crippen LogP contribution in [0, 0.1) is 36.0 Å². The molecule has 7 nitrogen and oxygen atoms in total. The molecular formula is C30H39N3O4S. The number of aryl methyl sites for hydroxylation is 1. The van der Waals surface area contributed by atoms with Crippen molar-refractivity contribution in [3.05, 3.63) is 33.9 Å². The molecule has 2 aromatic rings. The molecule has 8 heteroatoms. The van der Waals surface area contributed by atoms with E-state index in [-0.39, 0.29) is 34.3 Å². The van der Waals surface area contributed by atoms with Crippen LogP contribution in [0.2, 0.25) is 0 Å². The van der Waals surface area contributed by atoms with Gasteiger partial charge >= 0.3 is 5.97 Å². The van der Waals surface area contributed by atoms with Crippen LogP contribution in [0.1, 0.15) is 99.3 Å². The number of aromatic nitrogens is 2. The molecule has 2 fully saturated rings. The first-order valence-electron chi connectivity index (χ1n) is 13.7. The van der Waals surface area contributed by atoms with E-state index >= 15 is 0 Å². The van der Waals surface area contributed by atoms with Crippen LogP contribution in [0.3, 0.4) is 0 Å². The van der Waals surface area contributed by atoms with E-state index in [4.69, 9.17) is 4.74 Å². The third kappa shape index (κ3) is 7.13. The number of hydrogen-bond acceptors (Lipinski definition) is 6. The number of carbonyl (C=O) groups excluding carboxylic acids is 1. The lowest BCUT2D eigenvalue weighted by Gasteiger charge is -2.39. The van der Waals surface area contributed by atoms with E-state index in [1.165, 1.54) is 0 Å². The van der Waals surface area contributed by atoms with E-state index in [0.29, 0.717) is 22.4 Å². The molecule has 0 aromatic carbocycles. The number of anilines is 1. The van der Waals surface area contributed by atoms with Gasteiger partial charge in [-0.1, -0.05) is 18.8 Å². The van der Waals surface area contributed by atoms with Crippen LogP contribution in [0.25, 0.3) is 0 Å². The molecule has 0 aliphatic heterocycles. The van der Waals surface area contributed by atoms with Gasteiger partial charge < -0.3 is 14.7 Å². The van der Waals surface area contributed by atoms with Crippen molar-refractivity contribution >= 4 is 28.9 Å². The number of ether oxygens (including phenoxy) is 1. The third-order valence-electron chi connectivity index (χ3n) is 7.38. The topological polar surface area (TPSA) is 92.6 Å². The Bertz CT molecular complexity index is 1190. The predicted molar refractivity (Wildman–Crippen MR) is 150 cm³/mol. The van der Waals surface area contributed by atoms with E-state index in [1.54, 1.807) is 12.4 Å². The van der Waals surface area contributed by atoms with Crippen LogP contribution >= 0.6 is 11.3 Å². The molecule has 2 aromatic heterocycles. The van der Waals surface area contributed by atoms with Crippen molar-refractivity contribution in [2.45, 2.75) is 98.1 Å². The van der Waals surface area contributed by atoms with Gasteiger partial charge in [0.15, 0.2) is 0 Å². The van der Waals surface area contributed by atoms with E-state index < -0.39 is 5.97 Å². The van der Waals surface area contributed by atoms with Crippen molar-refractivity contribution in [2.24, 2.45) is 17.3 Å².